The zero-order valence-corrected chi connectivity index (χ0v) is 16.0. The summed E-state index contributed by atoms with van der Waals surface area (Å²) in [6.07, 6.45) is 0.798. The van der Waals surface area contributed by atoms with Crippen LogP contribution in [0.4, 0.5) is 14.5 Å². The molecule has 1 amide bonds. The van der Waals surface area contributed by atoms with Crippen LogP contribution in [0.15, 0.2) is 48.5 Å². The summed E-state index contributed by atoms with van der Waals surface area (Å²) in [6, 6.07) is 12.1. The lowest BCUT2D eigenvalue weighted by Crippen LogP contribution is -2.37. The van der Waals surface area contributed by atoms with Crippen molar-refractivity contribution in [2.75, 3.05) is 23.7 Å². The predicted octanol–water partition coefficient (Wildman–Crippen LogP) is 3.17. The maximum Gasteiger partial charge on any atom is 0.232 e. The molecule has 0 aliphatic carbocycles. The molecule has 0 saturated heterocycles. The molecule has 5 nitrogen and oxygen atoms in total. The van der Waals surface area contributed by atoms with Crippen LogP contribution in [0.3, 0.4) is 0 Å². The van der Waals surface area contributed by atoms with Crippen molar-refractivity contribution in [1.82, 2.24) is 4.90 Å². The van der Waals surface area contributed by atoms with E-state index in [2.05, 4.69) is 0 Å². The number of hydrogen-bond donors (Lipinski definition) is 0. The van der Waals surface area contributed by atoms with Gasteiger partial charge in [-0.05, 0) is 24.6 Å². The number of sulfonamides is 1. The molecule has 0 fully saturated rings. The number of rotatable bonds is 8. The molecular formula is C19H22F2N2O3S. The number of amides is 1. The van der Waals surface area contributed by atoms with E-state index in [4.69, 9.17) is 0 Å². The summed E-state index contributed by atoms with van der Waals surface area (Å²) in [5, 5.41) is 0. The van der Waals surface area contributed by atoms with Gasteiger partial charge in [0.15, 0.2) is 0 Å². The molecule has 0 bridgehead atoms. The highest BCUT2D eigenvalue weighted by Crippen LogP contribution is 2.23. The fraction of sp³-hybridized carbons (Fsp3) is 0.316. The van der Waals surface area contributed by atoms with Crippen LogP contribution < -0.4 is 4.31 Å². The summed E-state index contributed by atoms with van der Waals surface area (Å²) >= 11 is 0. The van der Waals surface area contributed by atoms with E-state index >= 15 is 0 Å². The van der Waals surface area contributed by atoms with Gasteiger partial charge in [0, 0.05) is 32.1 Å². The molecule has 0 saturated carbocycles. The average Bonchev–Trinajstić information content (AvgIpc) is 2.61. The molecule has 0 aromatic heterocycles. The summed E-state index contributed by atoms with van der Waals surface area (Å²) in [5.74, 6) is -2.05. The first-order chi connectivity index (χ1) is 12.7. The third-order valence-corrected chi connectivity index (χ3v) is 5.24. The van der Waals surface area contributed by atoms with Gasteiger partial charge in [0.1, 0.15) is 11.6 Å². The van der Waals surface area contributed by atoms with Crippen LogP contribution in [0, 0.1) is 11.6 Å². The van der Waals surface area contributed by atoms with E-state index in [-0.39, 0.29) is 24.6 Å². The number of hydrogen-bond acceptors (Lipinski definition) is 3. The molecule has 0 unspecified atom stereocenters. The highest BCUT2D eigenvalue weighted by Gasteiger charge is 2.23. The Morgan fingerprint density at radius 2 is 1.74 bits per heavy atom. The van der Waals surface area contributed by atoms with Gasteiger partial charge < -0.3 is 4.90 Å². The van der Waals surface area contributed by atoms with Crippen molar-refractivity contribution in [2.24, 2.45) is 0 Å². The van der Waals surface area contributed by atoms with Gasteiger partial charge in [0.05, 0.1) is 11.9 Å². The van der Waals surface area contributed by atoms with Crippen molar-refractivity contribution in [3.63, 3.8) is 0 Å². The van der Waals surface area contributed by atoms with Crippen molar-refractivity contribution in [1.29, 1.82) is 0 Å². The van der Waals surface area contributed by atoms with Gasteiger partial charge in [0.2, 0.25) is 15.9 Å². The van der Waals surface area contributed by atoms with E-state index in [0.717, 1.165) is 28.3 Å². The summed E-state index contributed by atoms with van der Waals surface area (Å²) in [7, 11) is -3.84. The minimum absolute atomic E-state index is 0.120. The van der Waals surface area contributed by atoms with Crippen LogP contribution in [0.2, 0.25) is 0 Å². The lowest BCUT2D eigenvalue weighted by atomic mass is 10.2. The van der Waals surface area contributed by atoms with E-state index in [0.29, 0.717) is 19.2 Å². The molecule has 2 rings (SSSR count). The predicted molar refractivity (Wildman–Crippen MR) is 101 cm³/mol. The first-order valence-electron chi connectivity index (χ1n) is 8.47. The molecule has 27 heavy (non-hydrogen) atoms. The van der Waals surface area contributed by atoms with Gasteiger partial charge in [0.25, 0.3) is 0 Å². The van der Waals surface area contributed by atoms with Crippen LogP contribution in [0.5, 0.6) is 0 Å². The lowest BCUT2D eigenvalue weighted by Gasteiger charge is -2.25. The Labute approximate surface area is 158 Å². The van der Waals surface area contributed by atoms with Crippen molar-refractivity contribution in [3.8, 4) is 0 Å². The number of benzene rings is 2. The Balaban J connectivity index is 2.13. The number of anilines is 1. The Bertz CT molecular complexity index is 889. The maximum absolute atomic E-state index is 14.0. The first-order valence-corrected chi connectivity index (χ1v) is 10.3. The Morgan fingerprint density at radius 1 is 1.07 bits per heavy atom. The third-order valence-electron chi connectivity index (χ3n) is 4.06. The molecular weight excluding hydrogens is 374 g/mol. The number of carbonyl (C=O) groups excluding carboxylic acids is 1. The molecule has 0 radical (unpaired) electrons. The molecule has 146 valence electrons. The van der Waals surface area contributed by atoms with Crippen LogP contribution in [0.1, 0.15) is 18.9 Å². The summed E-state index contributed by atoms with van der Waals surface area (Å²) < 4.78 is 52.0. The Hall–Kier alpha value is -2.48. The smallest absolute Gasteiger partial charge is 0.232 e. The highest BCUT2D eigenvalue weighted by atomic mass is 32.2. The zero-order chi connectivity index (χ0) is 20.0. The molecule has 2 aromatic carbocycles. The zero-order valence-electron chi connectivity index (χ0n) is 15.2. The van der Waals surface area contributed by atoms with Gasteiger partial charge in [-0.1, -0.05) is 30.3 Å². The standard InChI is InChI=1S/C19H22F2N2O3S/c1-3-22(14-15-7-5-4-6-8-15)19(24)11-12-23(27(2,25)26)18-10-9-16(20)13-17(18)21/h4-10,13H,3,11-12,14H2,1-2H3. The van der Waals surface area contributed by atoms with Gasteiger partial charge in [-0.3, -0.25) is 9.10 Å². The molecule has 0 atom stereocenters. The highest BCUT2D eigenvalue weighted by molar-refractivity contribution is 7.92. The van der Waals surface area contributed by atoms with E-state index in [9.17, 15) is 22.0 Å². The monoisotopic (exact) mass is 396 g/mol. The molecule has 0 heterocycles. The second-order valence-electron chi connectivity index (χ2n) is 6.07. The summed E-state index contributed by atoms with van der Waals surface area (Å²) in [4.78, 5) is 14.1. The van der Waals surface area contributed by atoms with E-state index in [1.54, 1.807) is 4.90 Å². The molecule has 8 heteroatoms. The van der Waals surface area contributed by atoms with Crippen LogP contribution in [-0.2, 0) is 21.4 Å². The van der Waals surface area contributed by atoms with Gasteiger partial charge in [-0.15, -0.1) is 0 Å². The van der Waals surface area contributed by atoms with Crippen molar-refractivity contribution >= 4 is 21.6 Å². The van der Waals surface area contributed by atoms with Gasteiger partial charge in [-0.25, -0.2) is 17.2 Å². The maximum atomic E-state index is 14.0. The fourth-order valence-corrected chi connectivity index (χ4v) is 3.61. The Kier molecular flexibility index (Phi) is 6.90. The topological polar surface area (TPSA) is 57.7 Å². The molecule has 2 aromatic rings. The molecule has 0 aliphatic rings. The molecule has 0 spiro atoms. The minimum Gasteiger partial charge on any atom is -0.339 e. The minimum atomic E-state index is -3.84. The quantitative estimate of drug-likeness (QED) is 0.689. The van der Waals surface area contributed by atoms with Gasteiger partial charge in [-0.2, -0.15) is 0 Å². The fourth-order valence-electron chi connectivity index (χ4n) is 2.68. The largest absolute Gasteiger partial charge is 0.339 e. The SMILES string of the molecule is CCN(Cc1ccccc1)C(=O)CCN(c1ccc(F)cc1F)S(C)(=O)=O. The summed E-state index contributed by atoms with van der Waals surface area (Å²) in [6.45, 7) is 2.46. The van der Waals surface area contributed by atoms with Crippen molar-refractivity contribution in [2.45, 2.75) is 19.9 Å². The second-order valence-corrected chi connectivity index (χ2v) is 7.98. The number of nitrogens with zero attached hydrogens (tertiary/aromatic N) is 2. The van der Waals surface area contributed by atoms with Crippen molar-refractivity contribution < 1.29 is 22.0 Å². The Morgan fingerprint density at radius 3 is 2.30 bits per heavy atom. The van der Waals surface area contributed by atoms with Crippen LogP contribution in [-0.4, -0.2) is 38.6 Å². The second kappa shape index (κ2) is 8.94. The van der Waals surface area contributed by atoms with E-state index in [1.807, 2.05) is 37.3 Å². The summed E-state index contributed by atoms with van der Waals surface area (Å²) in [5.41, 5.74) is 0.676. The lowest BCUT2D eigenvalue weighted by molar-refractivity contribution is -0.131. The van der Waals surface area contributed by atoms with Crippen LogP contribution in [0.25, 0.3) is 0 Å². The van der Waals surface area contributed by atoms with E-state index in [1.165, 1.54) is 0 Å². The molecule has 0 aliphatic heterocycles. The number of carbonyl (C=O) groups is 1. The van der Waals surface area contributed by atoms with Gasteiger partial charge >= 0.3 is 0 Å². The molecule has 0 N–H and O–H groups in total. The van der Waals surface area contributed by atoms with Crippen LogP contribution >= 0.6 is 0 Å². The van der Waals surface area contributed by atoms with Crippen molar-refractivity contribution in [3.05, 3.63) is 65.7 Å². The normalized spacial score (nSPS) is 11.3. The first kappa shape index (κ1) is 20.8. The number of halogens is 2. The van der Waals surface area contributed by atoms with E-state index < -0.39 is 21.7 Å². The third kappa shape index (κ3) is 5.75. The average molecular weight is 396 g/mol.